The van der Waals surface area contributed by atoms with E-state index in [2.05, 4.69) is 6.92 Å². The smallest absolute Gasteiger partial charge is 0.335 e. The molecule has 0 radical (unpaired) electrons. The van der Waals surface area contributed by atoms with E-state index in [0.29, 0.717) is 5.75 Å². The molecular formula is C25H21NO6. The summed E-state index contributed by atoms with van der Waals surface area (Å²) in [5, 5.41) is 19.8. The summed E-state index contributed by atoms with van der Waals surface area (Å²) in [4.78, 5) is 37.4. The van der Waals surface area contributed by atoms with Crippen LogP contribution in [-0.4, -0.2) is 27.7 Å². The third kappa shape index (κ3) is 3.58. The van der Waals surface area contributed by atoms with Crippen LogP contribution in [0.4, 0.5) is 5.69 Å². The van der Waals surface area contributed by atoms with Crippen LogP contribution in [0.25, 0.3) is 0 Å². The lowest BCUT2D eigenvalue weighted by atomic mass is 9.82. The lowest BCUT2D eigenvalue weighted by molar-refractivity contribution is 0.0696. The second-order valence-electron chi connectivity index (χ2n) is 7.63. The normalized spacial score (nSPS) is 12.3. The molecule has 0 bridgehead atoms. The van der Waals surface area contributed by atoms with Gasteiger partial charge in [-0.25, -0.2) is 4.79 Å². The summed E-state index contributed by atoms with van der Waals surface area (Å²) in [6, 6.07) is 12.2. The van der Waals surface area contributed by atoms with Crippen molar-refractivity contribution >= 4 is 23.2 Å². The SMILES string of the molecule is CCCCc1ccc(Oc2cc(O)c3c(c2N)C(=O)c2cc(C(=O)O)ccc2C3=O)cc1. The Balaban J connectivity index is 1.74. The highest BCUT2D eigenvalue weighted by molar-refractivity contribution is 6.31. The highest BCUT2D eigenvalue weighted by atomic mass is 16.5. The van der Waals surface area contributed by atoms with Gasteiger partial charge in [0.25, 0.3) is 0 Å². The number of ether oxygens (including phenoxy) is 1. The number of carbonyl (C=O) groups excluding carboxylic acids is 2. The third-order valence-corrected chi connectivity index (χ3v) is 5.49. The van der Waals surface area contributed by atoms with Crippen molar-refractivity contribution in [2.75, 3.05) is 5.73 Å². The van der Waals surface area contributed by atoms with Crippen molar-refractivity contribution in [3.05, 3.63) is 81.9 Å². The highest BCUT2D eigenvalue weighted by Gasteiger charge is 2.36. The molecule has 1 aliphatic carbocycles. The molecule has 7 nitrogen and oxygen atoms in total. The number of carbonyl (C=O) groups is 3. The molecule has 0 atom stereocenters. The molecule has 0 saturated carbocycles. The number of hydrogen-bond donors (Lipinski definition) is 3. The van der Waals surface area contributed by atoms with Crippen LogP contribution >= 0.6 is 0 Å². The van der Waals surface area contributed by atoms with Crippen molar-refractivity contribution in [1.82, 2.24) is 0 Å². The van der Waals surface area contributed by atoms with Crippen LogP contribution in [0.15, 0.2) is 48.5 Å². The number of rotatable bonds is 6. The summed E-state index contributed by atoms with van der Waals surface area (Å²) < 4.78 is 5.81. The number of carboxylic acids is 1. The van der Waals surface area contributed by atoms with Gasteiger partial charge in [-0.15, -0.1) is 0 Å². The first kappa shape index (κ1) is 21.1. The molecule has 4 N–H and O–H groups in total. The predicted octanol–water partition coefficient (Wildman–Crippen LogP) is 4.58. The summed E-state index contributed by atoms with van der Waals surface area (Å²) in [6.45, 7) is 2.12. The zero-order chi connectivity index (χ0) is 23.0. The minimum atomic E-state index is -1.23. The summed E-state index contributed by atoms with van der Waals surface area (Å²) >= 11 is 0. The van der Waals surface area contributed by atoms with E-state index >= 15 is 0 Å². The largest absolute Gasteiger partial charge is 0.507 e. The lowest BCUT2D eigenvalue weighted by Crippen LogP contribution is -2.23. The maximum absolute atomic E-state index is 13.2. The molecule has 7 heteroatoms. The van der Waals surface area contributed by atoms with Gasteiger partial charge in [0, 0.05) is 17.2 Å². The number of unbranched alkanes of at least 4 members (excludes halogenated alkanes) is 1. The van der Waals surface area contributed by atoms with E-state index in [0.717, 1.165) is 30.9 Å². The van der Waals surface area contributed by atoms with Crippen molar-refractivity contribution in [1.29, 1.82) is 0 Å². The maximum atomic E-state index is 13.2. The van der Waals surface area contributed by atoms with Crippen LogP contribution in [0.3, 0.4) is 0 Å². The van der Waals surface area contributed by atoms with Crippen molar-refractivity contribution in [3.63, 3.8) is 0 Å². The third-order valence-electron chi connectivity index (χ3n) is 5.49. The van der Waals surface area contributed by atoms with Gasteiger partial charge < -0.3 is 20.7 Å². The van der Waals surface area contributed by atoms with Gasteiger partial charge in [-0.05, 0) is 48.7 Å². The van der Waals surface area contributed by atoms with Crippen LogP contribution in [0.1, 0.15) is 67.5 Å². The predicted molar refractivity (Wildman–Crippen MR) is 118 cm³/mol. The zero-order valence-corrected chi connectivity index (χ0v) is 17.3. The summed E-state index contributed by atoms with van der Waals surface area (Å²) in [5.74, 6) is -2.43. The molecule has 1 aliphatic rings. The Morgan fingerprint density at radius 2 is 1.66 bits per heavy atom. The fourth-order valence-electron chi connectivity index (χ4n) is 3.77. The van der Waals surface area contributed by atoms with Crippen LogP contribution in [0.2, 0.25) is 0 Å². The van der Waals surface area contributed by atoms with Crippen LogP contribution in [-0.2, 0) is 6.42 Å². The number of carboxylic acid groups (broad SMARTS) is 1. The van der Waals surface area contributed by atoms with Crippen molar-refractivity contribution in [2.24, 2.45) is 0 Å². The molecule has 0 spiro atoms. The Kier molecular flexibility index (Phi) is 5.40. The van der Waals surface area contributed by atoms with E-state index in [4.69, 9.17) is 10.5 Å². The van der Waals surface area contributed by atoms with Gasteiger partial charge in [-0.3, -0.25) is 9.59 Å². The first-order chi connectivity index (χ1) is 15.3. The first-order valence-corrected chi connectivity index (χ1v) is 10.2. The van der Waals surface area contributed by atoms with Gasteiger partial charge in [-0.1, -0.05) is 25.5 Å². The Morgan fingerprint density at radius 3 is 2.31 bits per heavy atom. The fraction of sp³-hybridized carbons (Fsp3) is 0.160. The number of ketones is 2. The number of anilines is 1. The molecule has 0 heterocycles. The molecule has 0 aliphatic heterocycles. The average Bonchev–Trinajstić information content (AvgIpc) is 2.78. The molecule has 32 heavy (non-hydrogen) atoms. The molecule has 0 amide bonds. The Hall–Kier alpha value is -4.13. The van der Waals surface area contributed by atoms with Crippen molar-refractivity contribution in [2.45, 2.75) is 26.2 Å². The minimum absolute atomic E-state index is 0.0125. The molecule has 162 valence electrons. The van der Waals surface area contributed by atoms with Gasteiger partial charge in [0.05, 0.1) is 22.4 Å². The van der Waals surface area contributed by atoms with E-state index in [1.54, 1.807) is 12.1 Å². The second-order valence-corrected chi connectivity index (χ2v) is 7.63. The Morgan fingerprint density at radius 1 is 0.969 bits per heavy atom. The molecule has 3 aromatic rings. The van der Waals surface area contributed by atoms with Gasteiger partial charge in [0.2, 0.25) is 0 Å². The summed E-state index contributed by atoms with van der Waals surface area (Å²) in [5.41, 5.74) is 6.65. The number of phenolic OH excluding ortho intramolecular Hbond substituents is 1. The summed E-state index contributed by atoms with van der Waals surface area (Å²) in [7, 11) is 0. The number of phenols is 1. The molecule has 0 fully saturated rings. The summed E-state index contributed by atoms with van der Waals surface area (Å²) in [6.07, 6.45) is 3.12. The lowest BCUT2D eigenvalue weighted by Gasteiger charge is -2.22. The topological polar surface area (TPSA) is 127 Å². The number of aromatic carboxylic acids is 1. The van der Waals surface area contributed by atoms with Gasteiger partial charge in [-0.2, -0.15) is 0 Å². The number of nitrogen functional groups attached to an aromatic ring is 1. The minimum Gasteiger partial charge on any atom is -0.507 e. The van der Waals surface area contributed by atoms with Gasteiger partial charge in [0.15, 0.2) is 17.3 Å². The van der Waals surface area contributed by atoms with Crippen LogP contribution < -0.4 is 10.5 Å². The molecule has 3 aromatic carbocycles. The van der Waals surface area contributed by atoms with Crippen LogP contribution in [0.5, 0.6) is 17.2 Å². The Bertz CT molecular complexity index is 1260. The number of fused-ring (bicyclic) bond motifs is 2. The molecule has 0 aromatic heterocycles. The van der Waals surface area contributed by atoms with E-state index in [-0.39, 0.29) is 39.3 Å². The van der Waals surface area contributed by atoms with E-state index in [1.807, 2.05) is 12.1 Å². The van der Waals surface area contributed by atoms with Crippen LogP contribution in [0, 0.1) is 0 Å². The van der Waals surface area contributed by atoms with E-state index in [9.17, 15) is 24.6 Å². The average molecular weight is 431 g/mol. The van der Waals surface area contributed by atoms with E-state index < -0.39 is 23.3 Å². The van der Waals surface area contributed by atoms with Gasteiger partial charge >= 0.3 is 5.97 Å². The van der Waals surface area contributed by atoms with Crippen molar-refractivity contribution < 1.29 is 29.3 Å². The number of nitrogens with two attached hydrogens (primary N) is 1. The molecule has 0 saturated heterocycles. The highest BCUT2D eigenvalue weighted by Crippen LogP contribution is 2.42. The second kappa shape index (κ2) is 8.19. The monoisotopic (exact) mass is 431 g/mol. The number of benzene rings is 3. The van der Waals surface area contributed by atoms with Gasteiger partial charge in [0.1, 0.15) is 11.5 Å². The Labute approximate surface area is 184 Å². The number of hydrogen-bond acceptors (Lipinski definition) is 6. The van der Waals surface area contributed by atoms with Crippen molar-refractivity contribution in [3.8, 4) is 17.2 Å². The standard InChI is InChI=1S/C25H21NO6/c1-2-3-4-13-5-8-15(9-6-13)32-19-12-18(27)20-21(22(19)26)24(29)17-11-14(25(30)31)7-10-16(17)23(20)28/h5-12,27H,2-4,26H2,1H3,(H,30,31). The maximum Gasteiger partial charge on any atom is 0.335 e. The zero-order valence-electron chi connectivity index (χ0n) is 17.3. The fourth-order valence-corrected chi connectivity index (χ4v) is 3.77. The van der Waals surface area contributed by atoms with E-state index in [1.165, 1.54) is 18.2 Å². The quantitative estimate of drug-likeness (QED) is 0.301. The first-order valence-electron chi connectivity index (χ1n) is 10.2. The molecule has 0 unspecified atom stereocenters. The molecular weight excluding hydrogens is 410 g/mol. The number of aromatic hydroxyl groups is 1. The number of aryl methyl sites for hydroxylation is 1. The molecule has 4 rings (SSSR count).